The van der Waals surface area contributed by atoms with E-state index in [9.17, 15) is 27.6 Å². The molecule has 3 saturated heterocycles. The van der Waals surface area contributed by atoms with E-state index >= 15 is 0 Å². The molecule has 1 aliphatic carbocycles. The van der Waals surface area contributed by atoms with Crippen LogP contribution in [0.1, 0.15) is 39.0 Å². The lowest BCUT2D eigenvalue weighted by Gasteiger charge is -2.47. The van der Waals surface area contributed by atoms with Crippen molar-refractivity contribution in [1.82, 2.24) is 16.0 Å². The van der Waals surface area contributed by atoms with Gasteiger partial charge in [0.25, 0.3) is 5.92 Å². The van der Waals surface area contributed by atoms with Gasteiger partial charge in [-0.15, -0.1) is 12.4 Å². The summed E-state index contributed by atoms with van der Waals surface area (Å²) in [6, 6.07) is -2.55. The van der Waals surface area contributed by atoms with Gasteiger partial charge >= 0.3 is 5.97 Å². The van der Waals surface area contributed by atoms with E-state index in [0.29, 0.717) is 19.4 Å². The Balaban J connectivity index is 0.00000320. The first-order valence-corrected chi connectivity index (χ1v) is 9.97. The number of piperidine rings is 2. The van der Waals surface area contributed by atoms with Gasteiger partial charge in [0.2, 0.25) is 17.6 Å². The summed E-state index contributed by atoms with van der Waals surface area (Å²) in [7, 11) is 0. The standard InChI is InChI=1S/C19H26F3N3O4.ClH/c1-2-29-18(28)14(20)8-12(7-10-5-6-23-16(10)26)25-17(27)15-13-4-3-11(24-15)9-19(13,21)22;/h8,10-13,15,24H,2-7,9H2,1H3,(H,23,26)(H,25,27);1H/b14-8-;/t10-,11-,12-,13-,15-;/m0./s1. The van der Waals surface area contributed by atoms with Crippen LogP contribution in [0.4, 0.5) is 13.2 Å². The summed E-state index contributed by atoms with van der Waals surface area (Å²) in [4.78, 5) is 36.2. The molecule has 3 N–H and O–H groups in total. The minimum absolute atomic E-state index is 0. The fourth-order valence-corrected chi connectivity index (χ4v) is 4.42. The highest BCUT2D eigenvalue weighted by atomic mass is 35.5. The zero-order valence-electron chi connectivity index (χ0n) is 16.6. The highest BCUT2D eigenvalue weighted by Crippen LogP contribution is 2.44. The van der Waals surface area contributed by atoms with E-state index in [1.54, 1.807) is 0 Å². The number of rotatable bonds is 7. The summed E-state index contributed by atoms with van der Waals surface area (Å²) in [5, 5.41) is 8.13. The number of hydrogen-bond donors (Lipinski definition) is 3. The van der Waals surface area contributed by atoms with E-state index in [-0.39, 0.29) is 44.2 Å². The summed E-state index contributed by atoms with van der Waals surface area (Å²) in [5.41, 5.74) is 0. The Hall–Kier alpha value is -1.81. The van der Waals surface area contributed by atoms with Crippen LogP contribution in [0.5, 0.6) is 0 Å². The Morgan fingerprint density at radius 1 is 1.33 bits per heavy atom. The largest absolute Gasteiger partial charge is 0.461 e. The van der Waals surface area contributed by atoms with Crippen molar-refractivity contribution < 1.29 is 32.3 Å². The Kier molecular flexibility index (Phi) is 8.15. The second-order valence-electron chi connectivity index (χ2n) is 7.85. The van der Waals surface area contributed by atoms with Gasteiger partial charge < -0.3 is 20.7 Å². The number of amides is 2. The summed E-state index contributed by atoms with van der Waals surface area (Å²) in [6.07, 6.45) is 1.95. The Labute approximate surface area is 178 Å². The van der Waals surface area contributed by atoms with Crippen LogP contribution in [0.2, 0.25) is 0 Å². The topological polar surface area (TPSA) is 96.5 Å². The number of halogens is 4. The van der Waals surface area contributed by atoms with E-state index in [2.05, 4.69) is 20.7 Å². The van der Waals surface area contributed by atoms with Crippen LogP contribution in [0.25, 0.3) is 0 Å². The number of esters is 1. The van der Waals surface area contributed by atoms with Crippen molar-refractivity contribution in [1.29, 1.82) is 0 Å². The fraction of sp³-hybridized carbons (Fsp3) is 0.737. The van der Waals surface area contributed by atoms with Gasteiger partial charge in [0.05, 0.1) is 18.7 Å². The molecule has 0 aromatic rings. The van der Waals surface area contributed by atoms with Gasteiger partial charge in [-0.1, -0.05) is 0 Å². The first kappa shape index (κ1) is 24.5. The summed E-state index contributed by atoms with van der Waals surface area (Å²) in [6.45, 7) is 1.97. The molecule has 1 saturated carbocycles. The lowest BCUT2D eigenvalue weighted by atomic mass is 9.73. The Bertz CT molecular complexity index is 707. The molecule has 5 atom stereocenters. The lowest BCUT2D eigenvalue weighted by Crippen LogP contribution is -2.66. The second-order valence-corrected chi connectivity index (χ2v) is 7.85. The van der Waals surface area contributed by atoms with Crippen molar-refractivity contribution in [3.63, 3.8) is 0 Å². The normalized spacial score (nSPS) is 30.8. The minimum Gasteiger partial charge on any atom is -0.461 e. The Morgan fingerprint density at radius 3 is 2.63 bits per heavy atom. The molecule has 170 valence electrons. The van der Waals surface area contributed by atoms with E-state index in [1.807, 2.05) is 0 Å². The predicted octanol–water partition coefficient (Wildman–Crippen LogP) is 1.61. The molecule has 4 aliphatic rings. The monoisotopic (exact) mass is 453 g/mol. The summed E-state index contributed by atoms with van der Waals surface area (Å²) in [5.74, 6) is -7.83. The van der Waals surface area contributed by atoms with Gasteiger partial charge in [-0.05, 0) is 38.7 Å². The van der Waals surface area contributed by atoms with Crippen molar-refractivity contribution in [2.45, 2.75) is 63.1 Å². The van der Waals surface area contributed by atoms with Crippen LogP contribution < -0.4 is 16.0 Å². The van der Waals surface area contributed by atoms with Gasteiger partial charge in [0.1, 0.15) is 0 Å². The number of ether oxygens (including phenoxy) is 1. The molecule has 0 spiro atoms. The molecule has 0 unspecified atom stereocenters. The Morgan fingerprint density at radius 2 is 2.07 bits per heavy atom. The van der Waals surface area contributed by atoms with Crippen LogP contribution >= 0.6 is 12.4 Å². The van der Waals surface area contributed by atoms with Gasteiger partial charge in [-0.3, -0.25) is 9.59 Å². The third kappa shape index (κ3) is 5.46. The second kappa shape index (κ2) is 10.00. The number of alkyl halides is 2. The molecule has 4 fully saturated rings. The molecule has 11 heteroatoms. The highest BCUT2D eigenvalue weighted by Gasteiger charge is 2.55. The average Bonchev–Trinajstić information content (AvgIpc) is 3.05. The van der Waals surface area contributed by atoms with E-state index in [4.69, 9.17) is 0 Å². The highest BCUT2D eigenvalue weighted by molar-refractivity contribution is 5.87. The first-order valence-electron chi connectivity index (χ1n) is 9.97. The summed E-state index contributed by atoms with van der Waals surface area (Å²) < 4.78 is 47.2. The van der Waals surface area contributed by atoms with E-state index in [0.717, 1.165) is 6.08 Å². The fourth-order valence-electron chi connectivity index (χ4n) is 4.42. The molecule has 4 rings (SSSR count). The van der Waals surface area contributed by atoms with Crippen molar-refractivity contribution in [2.75, 3.05) is 13.2 Å². The van der Waals surface area contributed by atoms with Crippen LogP contribution in [-0.4, -0.2) is 55.0 Å². The van der Waals surface area contributed by atoms with Crippen molar-refractivity contribution in [2.24, 2.45) is 11.8 Å². The molecule has 3 aliphatic heterocycles. The zero-order valence-corrected chi connectivity index (χ0v) is 17.4. The molecule has 2 bridgehead atoms. The molecule has 0 aromatic heterocycles. The van der Waals surface area contributed by atoms with Crippen molar-refractivity contribution in [3.05, 3.63) is 11.9 Å². The van der Waals surface area contributed by atoms with E-state index in [1.165, 1.54) is 6.92 Å². The third-order valence-corrected chi connectivity index (χ3v) is 5.83. The quantitative estimate of drug-likeness (QED) is 0.402. The maximum Gasteiger partial charge on any atom is 0.366 e. The van der Waals surface area contributed by atoms with Gasteiger partial charge in [0.15, 0.2) is 0 Å². The molecule has 30 heavy (non-hydrogen) atoms. The molecule has 0 radical (unpaired) electrons. The molecule has 3 heterocycles. The van der Waals surface area contributed by atoms with Gasteiger partial charge in [-0.2, -0.15) is 4.39 Å². The number of carbonyl (C=O) groups is 3. The van der Waals surface area contributed by atoms with E-state index < -0.39 is 53.6 Å². The molecule has 0 aromatic carbocycles. The van der Waals surface area contributed by atoms with Crippen LogP contribution in [-0.2, 0) is 19.1 Å². The van der Waals surface area contributed by atoms with Crippen LogP contribution in [0.3, 0.4) is 0 Å². The SMILES string of the molecule is CCOC(=O)/C(F)=C/[C@H](C[C@@H]1CCNC1=O)NC(=O)[C@H]1N[C@H]2CC[C@@H]1C(F)(F)C2.Cl. The number of nitrogens with one attached hydrogen (secondary N) is 3. The molecular weight excluding hydrogens is 427 g/mol. The number of hydrogen-bond acceptors (Lipinski definition) is 5. The minimum atomic E-state index is -2.94. The number of fused-ring (bicyclic) bond motifs is 3. The molecule has 7 nitrogen and oxygen atoms in total. The third-order valence-electron chi connectivity index (χ3n) is 5.83. The maximum absolute atomic E-state index is 14.2. The van der Waals surface area contributed by atoms with Crippen molar-refractivity contribution in [3.8, 4) is 0 Å². The smallest absolute Gasteiger partial charge is 0.366 e. The lowest BCUT2D eigenvalue weighted by molar-refractivity contribution is -0.154. The molecular formula is C19H27ClF3N3O4. The van der Waals surface area contributed by atoms with Crippen LogP contribution in [0.15, 0.2) is 11.9 Å². The maximum atomic E-state index is 14.2. The number of carbonyl (C=O) groups excluding carboxylic acids is 3. The summed E-state index contributed by atoms with van der Waals surface area (Å²) >= 11 is 0. The van der Waals surface area contributed by atoms with Crippen LogP contribution in [0, 0.1) is 11.8 Å². The van der Waals surface area contributed by atoms with Gasteiger partial charge in [-0.25, -0.2) is 13.6 Å². The van der Waals surface area contributed by atoms with Gasteiger partial charge in [0, 0.05) is 30.8 Å². The van der Waals surface area contributed by atoms with Crippen molar-refractivity contribution >= 4 is 30.2 Å². The average molecular weight is 454 g/mol. The molecule has 2 amide bonds. The predicted molar refractivity (Wildman–Crippen MR) is 104 cm³/mol. The zero-order chi connectivity index (χ0) is 21.2. The first-order chi connectivity index (χ1) is 13.7.